The average Bonchev–Trinajstić information content (AvgIpc) is 2.91. The van der Waals surface area contributed by atoms with Gasteiger partial charge in [0.1, 0.15) is 0 Å². The lowest BCUT2D eigenvalue weighted by molar-refractivity contribution is -0.136. The number of carbonyl (C=O) groups is 1. The Bertz CT molecular complexity index is 693. The molecule has 2 heterocycles. The molecule has 1 amide bonds. The Hall–Kier alpha value is -1.15. The lowest BCUT2D eigenvalue weighted by Crippen LogP contribution is -2.45. The summed E-state index contributed by atoms with van der Waals surface area (Å²) in [5, 5.41) is 3.30. The van der Waals surface area contributed by atoms with Crippen LogP contribution in [0.25, 0.3) is 0 Å². The highest BCUT2D eigenvalue weighted by Crippen LogP contribution is 2.25. The Balaban J connectivity index is 0.00000243. The number of benzene rings is 1. The number of sulfonamides is 1. The van der Waals surface area contributed by atoms with Gasteiger partial charge in [-0.1, -0.05) is 17.7 Å². The molecule has 0 saturated carbocycles. The maximum atomic E-state index is 12.7. The molecular formula is C18H28ClN3O3S. The summed E-state index contributed by atoms with van der Waals surface area (Å²) >= 11 is 0. The highest BCUT2D eigenvalue weighted by Gasteiger charge is 2.33. The fraction of sp³-hybridized carbons (Fsp3) is 0.611. The summed E-state index contributed by atoms with van der Waals surface area (Å²) in [6.45, 7) is 6.11. The molecule has 1 N–H and O–H groups in total. The largest absolute Gasteiger partial charge is 0.341 e. The van der Waals surface area contributed by atoms with Gasteiger partial charge in [0.05, 0.1) is 4.90 Å². The van der Waals surface area contributed by atoms with E-state index in [0.29, 0.717) is 30.8 Å². The van der Waals surface area contributed by atoms with Gasteiger partial charge in [-0.15, -0.1) is 12.4 Å². The number of hydrogen-bond donors (Lipinski definition) is 1. The van der Waals surface area contributed by atoms with Gasteiger partial charge < -0.3 is 10.2 Å². The summed E-state index contributed by atoms with van der Waals surface area (Å²) in [4.78, 5) is 15.0. The van der Waals surface area contributed by atoms with Crippen LogP contribution in [0.15, 0.2) is 29.2 Å². The van der Waals surface area contributed by atoms with E-state index in [9.17, 15) is 13.2 Å². The first kappa shape index (κ1) is 21.2. The van der Waals surface area contributed by atoms with E-state index in [1.54, 1.807) is 12.1 Å². The van der Waals surface area contributed by atoms with Crippen LogP contribution in [-0.4, -0.2) is 62.8 Å². The number of nitrogens with one attached hydrogen (secondary N) is 1. The van der Waals surface area contributed by atoms with Crippen LogP contribution in [0.4, 0.5) is 0 Å². The van der Waals surface area contributed by atoms with E-state index >= 15 is 0 Å². The minimum Gasteiger partial charge on any atom is -0.341 e. The molecule has 1 aromatic rings. The van der Waals surface area contributed by atoms with Crippen molar-refractivity contribution in [1.29, 1.82) is 0 Å². The van der Waals surface area contributed by atoms with Gasteiger partial charge in [0.2, 0.25) is 15.9 Å². The molecule has 0 unspecified atom stereocenters. The second-order valence-electron chi connectivity index (χ2n) is 6.92. The third-order valence-electron chi connectivity index (χ3n) is 5.11. The number of piperidine rings is 1. The van der Waals surface area contributed by atoms with E-state index < -0.39 is 10.0 Å². The van der Waals surface area contributed by atoms with Gasteiger partial charge in [-0.3, -0.25) is 4.79 Å². The van der Waals surface area contributed by atoms with E-state index in [1.165, 1.54) is 4.31 Å². The number of amides is 1. The zero-order valence-electron chi connectivity index (χ0n) is 15.2. The van der Waals surface area contributed by atoms with Gasteiger partial charge in [-0.2, -0.15) is 4.31 Å². The highest BCUT2D eigenvalue weighted by molar-refractivity contribution is 7.89. The summed E-state index contributed by atoms with van der Waals surface area (Å²) in [7, 11) is -3.46. The van der Waals surface area contributed by atoms with E-state index in [-0.39, 0.29) is 24.2 Å². The third kappa shape index (κ3) is 4.76. The smallest absolute Gasteiger partial charge is 0.243 e. The summed E-state index contributed by atoms with van der Waals surface area (Å²) in [6, 6.07) is 6.95. The van der Waals surface area contributed by atoms with Crippen LogP contribution in [0.5, 0.6) is 0 Å². The Morgan fingerprint density at radius 2 is 1.69 bits per heavy atom. The molecule has 0 spiro atoms. The SMILES string of the molecule is Cc1ccc(S(=O)(=O)N2CCC(C(=O)N3CCCNCC3)CC2)cc1.Cl. The molecule has 2 saturated heterocycles. The molecule has 1 aromatic carbocycles. The van der Waals surface area contributed by atoms with Crippen LogP contribution in [0, 0.1) is 12.8 Å². The van der Waals surface area contributed by atoms with Gasteiger partial charge in [0.25, 0.3) is 0 Å². The lowest BCUT2D eigenvalue weighted by atomic mass is 9.96. The van der Waals surface area contributed by atoms with Gasteiger partial charge in [0.15, 0.2) is 0 Å². The minimum atomic E-state index is -3.46. The van der Waals surface area contributed by atoms with Crippen molar-refractivity contribution >= 4 is 28.3 Å². The van der Waals surface area contributed by atoms with Crippen LogP contribution >= 0.6 is 12.4 Å². The van der Waals surface area contributed by atoms with E-state index in [1.807, 2.05) is 24.0 Å². The van der Waals surface area contributed by atoms with Crippen molar-refractivity contribution in [3.05, 3.63) is 29.8 Å². The standard InChI is InChI=1S/C18H27N3O3S.ClH/c1-15-3-5-17(6-4-15)25(23,24)21-12-7-16(8-13-21)18(22)20-11-2-9-19-10-14-20;/h3-6,16,19H,2,7-14H2,1H3;1H. The molecule has 0 aromatic heterocycles. The van der Waals surface area contributed by atoms with Crippen molar-refractivity contribution < 1.29 is 13.2 Å². The quantitative estimate of drug-likeness (QED) is 0.835. The third-order valence-corrected chi connectivity index (χ3v) is 7.03. The zero-order valence-corrected chi connectivity index (χ0v) is 16.8. The summed E-state index contributed by atoms with van der Waals surface area (Å²) in [5.74, 6) is 0.138. The van der Waals surface area contributed by atoms with Gasteiger partial charge in [-0.25, -0.2) is 8.42 Å². The molecule has 2 aliphatic rings. The molecule has 146 valence electrons. The predicted octanol–water partition coefficient (Wildman–Crippen LogP) is 1.64. The topological polar surface area (TPSA) is 69.7 Å². The number of rotatable bonds is 3. The van der Waals surface area contributed by atoms with Crippen LogP contribution in [-0.2, 0) is 14.8 Å². The molecular weight excluding hydrogens is 374 g/mol. The van der Waals surface area contributed by atoms with Gasteiger partial charge >= 0.3 is 0 Å². The molecule has 3 rings (SSSR count). The molecule has 0 aliphatic carbocycles. The second kappa shape index (κ2) is 9.17. The number of hydrogen-bond acceptors (Lipinski definition) is 4. The summed E-state index contributed by atoms with van der Waals surface area (Å²) < 4.78 is 27.0. The van der Waals surface area contributed by atoms with Crippen LogP contribution in [0.1, 0.15) is 24.8 Å². The van der Waals surface area contributed by atoms with Crippen molar-refractivity contribution in [3.63, 3.8) is 0 Å². The maximum Gasteiger partial charge on any atom is 0.243 e. The van der Waals surface area contributed by atoms with Gasteiger partial charge in [-0.05, 0) is 44.9 Å². The Morgan fingerprint density at radius 1 is 1.04 bits per heavy atom. The van der Waals surface area contributed by atoms with E-state index in [4.69, 9.17) is 0 Å². The normalized spacial score (nSPS) is 20.3. The van der Waals surface area contributed by atoms with E-state index in [0.717, 1.165) is 38.2 Å². The van der Waals surface area contributed by atoms with Crippen molar-refractivity contribution in [2.75, 3.05) is 39.3 Å². The molecule has 26 heavy (non-hydrogen) atoms. The Kier molecular flexibility index (Phi) is 7.46. The maximum absolute atomic E-state index is 12.7. The van der Waals surface area contributed by atoms with Crippen LogP contribution in [0.2, 0.25) is 0 Å². The Morgan fingerprint density at radius 3 is 2.35 bits per heavy atom. The molecule has 2 fully saturated rings. The molecule has 2 aliphatic heterocycles. The number of carbonyl (C=O) groups excluding carboxylic acids is 1. The summed E-state index contributed by atoms with van der Waals surface area (Å²) in [6.07, 6.45) is 2.19. The van der Waals surface area contributed by atoms with Crippen molar-refractivity contribution in [3.8, 4) is 0 Å². The van der Waals surface area contributed by atoms with Crippen LogP contribution < -0.4 is 5.32 Å². The summed E-state index contributed by atoms with van der Waals surface area (Å²) in [5.41, 5.74) is 1.04. The first-order chi connectivity index (χ1) is 12.0. The van der Waals surface area contributed by atoms with Crippen molar-refractivity contribution in [2.24, 2.45) is 5.92 Å². The minimum absolute atomic E-state index is 0. The first-order valence-electron chi connectivity index (χ1n) is 9.05. The average molecular weight is 402 g/mol. The number of halogens is 1. The highest BCUT2D eigenvalue weighted by atomic mass is 35.5. The van der Waals surface area contributed by atoms with Crippen molar-refractivity contribution in [2.45, 2.75) is 31.1 Å². The molecule has 0 atom stereocenters. The second-order valence-corrected chi connectivity index (χ2v) is 8.86. The fourth-order valence-electron chi connectivity index (χ4n) is 3.53. The predicted molar refractivity (Wildman–Crippen MR) is 104 cm³/mol. The molecule has 8 heteroatoms. The lowest BCUT2D eigenvalue weighted by Gasteiger charge is -2.33. The molecule has 0 radical (unpaired) electrons. The van der Waals surface area contributed by atoms with Crippen LogP contribution in [0.3, 0.4) is 0 Å². The Labute approximate surface area is 162 Å². The van der Waals surface area contributed by atoms with Crippen molar-refractivity contribution in [1.82, 2.24) is 14.5 Å². The monoisotopic (exact) mass is 401 g/mol. The first-order valence-corrected chi connectivity index (χ1v) is 10.5. The number of nitrogens with zero attached hydrogens (tertiary/aromatic N) is 2. The van der Waals surface area contributed by atoms with Gasteiger partial charge in [0, 0.05) is 38.6 Å². The molecule has 0 bridgehead atoms. The van der Waals surface area contributed by atoms with E-state index in [2.05, 4.69) is 5.32 Å². The zero-order chi connectivity index (χ0) is 17.9. The molecule has 6 nitrogen and oxygen atoms in total. The number of aryl methyl sites for hydroxylation is 1. The fourth-order valence-corrected chi connectivity index (χ4v) is 5.00.